The Morgan fingerprint density at radius 1 is 1.25 bits per heavy atom. The first-order chi connectivity index (χ1) is 1.00. The summed E-state index contributed by atoms with van der Waals surface area (Å²) >= 11 is 0.100. The Balaban J connectivity index is -0.00000000500. The monoisotopic (exact) mass is 261 g/mol. The van der Waals surface area contributed by atoms with Crippen LogP contribution >= 0.6 is 0 Å². The molecule has 4 heteroatoms. The van der Waals surface area contributed by atoms with Gasteiger partial charge in [0.25, 0.3) is 0 Å². The molecule has 2 nitrogen and oxygen atoms in total. The second-order valence-corrected chi connectivity index (χ2v) is 0. The standard InChI is InChI=1S/Ba.H2O.O.Y.H/h;1H2;;;/q+1;;;;/p-1. The van der Waals surface area contributed by atoms with E-state index in [2.05, 4.69) is 0 Å². The van der Waals surface area contributed by atoms with Gasteiger partial charge in [-0.2, -0.15) is 0 Å². The molecule has 0 radical (unpaired) electrons. The first-order valence-electron chi connectivity index (χ1n) is 0.236. The summed E-state index contributed by atoms with van der Waals surface area (Å²) in [7, 11) is 0. The van der Waals surface area contributed by atoms with Crippen LogP contribution in [0.4, 0.5) is 0 Å². The molecule has 0 rings (SSSR count). The third-order valence-corrected chi connectivity index (χ3v) is 0. The van der Waals surface area contributed by atoms with E-state index in [1.807, 2.05) is 0 Å². The van der Waals surface area contributed by atoms with Gasteiger partial charge in [-0.15, -0.1) is 0 Å². The fraction of sp³-hybridized carbons (Fsp3) is 0. The van der Waals surface area contributed by atoms with Crippen molar-refractivity contribution >= 4 is 48.9 Å². The third-order valence-electron chi connectivity index (χ3n) is 0. The van der Waals surface area contributed by atoms with Crippen LogP contribution in [-0.2, 0) is 33.1 Å². The van der Waals surface area contributed by atoms with E-state index in [-0.39, 0.29) is 85.4 Å². The maximum absolute atomic E-state index is 8.38. The van der Waals surface area contributed by atoms with Gasteiger partial charge in [0, 0.05) is 0 Å². The second kappa shape index (κ2) is 18.0. The topological polar surface area (TPSA) is 47.1 Å². The van der Waals surface area contributed by atoms with Gasteiger partial charge >= 0.3 is 81.9 Å². The maximum atomic E-state index is 8.38. The van der Waals surface area contributed by atoms with Gasteiger partial charge in [0.2, 0.25) is 0 Å². The molecule has 1 N–H and O–H groups in total. The molecule has 0 aliphatic rings. The van der Waals surface area contributed by atoms with Gasteiger partial charge in [0.05, 0.1) is 0 Å². The molecule has 0 saturated carbocycles. The van der Waals surface area contributed by atoms with Gasteiger partial charge in [-0.3, -0.25) is 0 Å². The summed E-state index contributed by atoms with van der Waals surface area (Å²) in [4.78, 5) is 0. The van der Waals surface area contributed by atoms with Gasteiger partial charge in [-0.1, -0.05) is 0 Å². The first-order valence-corrected chi connectivity index (χ1v) is 1.39. The Bertz CT molecular complexity index is 6.00. The van der Waals surface area contributed by atoms with Crippen LogP contribution in [-0.4, -0.2) is 54.4 Å². The summed E-state index contributed by atoms with van der Waals surface area (Å²) in [6.07, 6.45) is 0. The molecule has 0 amide bonds. The van der Waals surface area contributed by atoms with Crippen molar-refractivity contribution in [1.29, 1.82) is 0 Å². The van der Waals surface area contributed by atoms with Crippen molar-refractivity contribution < 1.29 is 38.5 Å². The molecule has 0 aromatic carbocycles. The summed E-state index contributed by atoms with van der Waals surface area (Å²) in [6, 6.07) is 0. The van der Waals surface area contributed by atoms with E-state index in [9.17, 15) is 0 Å². The van der Waals surface area contributed by atoms with E-state index in [0.717, 1.165) is 0 Å². The SMILES string of the molecule is [BaH+].[OH-].[O]=[Y]. The molecule has 0 bridgehead atoms. The molecule has 0 aliphatic carbocycles. The molecule has 0 aliphatic heterocycles. The number of rotatable bonds is 0. The van der Waals surface area contributed by atoms with Gasteiger partial charge < -0.3 is 5.48 Å². The van der Waals surface area contributed by atoms with Crippen molar-refractivity contribution in [3.8, 4) is 0 Å². The average Bonchev–Trinajstić information content (AvgIpc) is 1.00. The molecule has 0 spiro atoms. The van der Waals surface area contributed by atoms with Crippen molar-refractivity contribution in [2.45, 2.75) is 0 Å². The normalized spacial score (nSPS) is 1.50. The Labute approximate surface area is 85.2 Å². The molecule has 4 heavy (non-hydrogen) atoms. The van der Waals surface area contributed by atoms with E-state index >= 15 is 0 Å². The van der Waals surface area contributed by atoms with E-state index in [4.69, 9.17) is 2.04 Å². The number of hydrogen-bond acceptors (Lipinski definition) is 2. The Morgan fingerprint density at radius 3 is 1.25 bits per heavy atom. The van der Waals surface area contributed by atoms with Crippen LogP contribution in [0.25, 0.3) is 0 Å². The molecule has 0 fully saturated rings. The van der Waals surface area contributed by atoms with E-state index in [1.54, 1.807) is 0 Å². The van der Waals surface area contributed by atoms with Gasteiger partial charge in [-0.05, 0) is 0 Å². The fourth-order valence-electron chi connectivity index (χ4n) is 0. The predicted octanol–water partition coefficient (Wildman–Crippen LogP) is -0.947. The second-order valence-electron chi connectivity index (χ2n) is 0. The van der Waals surface area contributed by atoms with Crippen LogP contribution < -0.4 is 0 Å². The molecule has 0 unspecified atom stereocenters. The summed E-state index contributed by atoms with van der Waals surface area (Å²) in [6.45, 7) is 0. The van der Waals surface area contributed by atoms with Crippen molar-refractivity contribution in [3.63, 3.8) is 0 Å². The zero-order chi connectivity index (χ0) is 2.00. The van der Waals surface area contributed by atoms with Gasteiger partial charge in [0.15, 0.2) is 0 Å². The van der Waals surface area contributed by atoms with Crippen LogP contribution in [0.5, 0.6) is 0 Å². The molecular formula is H2BaO2Y. The minimum absolute atomic E-state index is 0. The average molecular weight is 260 g/mol. The van der Waals surface area contributed by atoms with Crippen molar-refractivity contribution in [2.75, 3.05) is 0 Å². The molecule has 0 heterocycles. The Morgan fingerprint density at radius 2 is 1.25 bits per heavy atom. The molecule has 19 valence electrons. The molecule has 0 saturated heterocycles. The van der Waals surface area contributed by atoms with E-state index < -0.39 is 0 Å². The van der Waals surface area contributed by atoms with E-state index in [1.165, 1.54) is 0 Å². The van der Waals surface area contributed by atoms with Gasteiger partial charge in [0.1, 0.15) is 0 Å². The number of hydrogen-bond donors (Lipinski definition) is 0. The molecular weight excluding hydrogens is 258 g/mol. The first kappa shape index (κ1) is 16.1. The van der Waals surface area contributed by atoms with E-state index in [0.29, 0.717) is 0 Å². The van der Waals surface area contributed by atoms with Crippen molar-refractivity contribution in [1.82, 2.24) is 0 Å². The summed E-state index contributed by atoms with van der Waals surface area (Å²) in [5.74, 6) is 0. The summed E-state index contributed by atoms with van der Waals surface area (Å²) in [5, 5.41) is 0. The van der Waals surface area contributed by atoms with Crippen LogP contribution in [0.1, 0.15) is 0 Å². The van der Waals surface area contributed by atoms with Crippen LogP contribution in [0.15, 0.2) is 0 Å². The molecule has 0 atom stereocenters. The Kier molecular flexibility index (Phi) is 72.6. The Hall–Kier alpha value is 2.44. The van der Waals surface area contributed by atoms with Crippen molar-refractivity contribution in [2.24, 2.45) is 0 Å². The van der Waals surface area contributed by atoms with Crippen LogP contribution in [0.3, 0.4) is 0 Å². The zero-order valence-corrected chi connectivity index (χ0v) is 11.6. The minimum atomic E-state index is 0. The van der Waals surface area contributed by atoms with Crippen LogP contribution in [0, 0.1) is 0 Å². The summed E-state index contributed by atoms with van der Waals surface area (Å²) < 4.78 is 8.38. The van der Waals surface area contributed by atoms with Crippen LogP contribution in [0.2, 0.25) is 0 Å². The fourth-order valence-corrected chi connectivity index (χ4v) is 0. The molecule has 0 aromatic rings. The van der Waals surface area contributed by atoms with Crippen molar-refractivity contribution in [3.05, 3.63) is 0 Å². The quantitative estimate of drug-likeness (QED) is 0.527. The predicted molar refractivity (Wildman–Crippen MR) is 9.77 cm³/mol. The third kappa shape index (κ3) is 8.83. The van der Waals surface area contributed by atoms with Gasteiger partial charge in [-0.25, -0.2) is 0 Å². The molecule has 0 aromatic heterocycles. The zero-order valence-electron chi connectivity index (χ0n) is 2.43. The summed E-state index contributed by atoms with van der Waals surface area (Å²) in [5.41, 5.74) is 0.